The number of nitrogens with one attached hydrogen (secondary N) is 2. The number of unbranched alkanes of at least 4 members (excludes halogenated alkanes) is 1. The molecule has 3 fully saturated rings. The molecule has 68 heavy (non-hydrogen) atoms. The maximum atomic E-state index is 12.0. The second-order valence-corrected chi connectivity index (χ2v) is 19.3. The second-order valence-electron chi connectivity index (χ2n) is 19.3. The van der Waals surface area contributed by atoms with Crippen molar-refractivity contribution in [1.82, 2.24) is 14.4 Å². The maximum absolute atomic E-state index is 12.0. The van der Waals surface area contributed by atoms with Crippen LogP contribution in [0.1, 0.15) is 115 Å². The molecular formula is C57H83N7O4. The summed E-state index contributed by atoms with van der Waals surface area (Å²) in [4.78, 5) is 29.1. The van der Waals surface area contributed by atoms with Crippen LogP contribution in [0, 0.1) is 11.8 Å². The Kier molecular flexibility index (Phi) is 22.1. The molecule has 0 saturated carbocycles. The Morgan fingerprint density at radius 2 is 1.18 bits per heavy atom. The predicted molar refractivity (Wildman–Crippen MR) is 283 cm³/mol. The number of carbonyl (C=O) groups is 2. The lowest BCUT2D eigenvalue weighted by Crippen LogP contribution is -2.33. The highest BCUT2D eigenvalue weighted by Gasteiger charge is 2.23. The zero-order chi connectivity index (χ0) is 47.5. The summed E-state index contributed by atoms with van der Waals surface area (Å²) in [7, 11) is 3.95. The van der Waals surface area contributed by atoms with Crippen LogP contribution in [0.5, 0.6) is 0 Å². The van der Waals surface area contributed by atoms with Crippen LogP contribution in [-0.4, -0.2) is 92.0 Å². The number of hydrazine groups is 1. The number of ether oxygens (including phenoxy) is 2. The Bertz CT molecular complexity index is 2240. The lowest BCUT2D eigenvalue weighted by Gasteiger charge is -2.32. The quantitative estimate of drug-likeness (QED) is 0.0509. The van der Waals surface area contributed by atoms with Crippen molar-refractivity contribution in [2.24, 2.45) is 24.7 Å². The average molecular weight is 930 g/mol. The molecule has 0 atom stereocenters. The van der Waals surface area contributed by atoms with Gasteiger partial charge in [-0.25, -0.2) is 5.84 Å². The van der Waals surface area contributed by atoms with Crippen molar-refractivity contribution in [1.29, 1.82) is 0 Å². The van der Waals surface area contributed by atoms with Gasteiger partial charge in [0.15, 0.2) is 6.29 Å². The minimum atomic E-state index is 0. The molecule has 8 rings (SSSR count). The van der Waals surface area contributed by atoms with Crippen molar-refractivity contribution in [3.05, 3.63) is 126 Å². The van der Waals surface area contributed by atoms with Gasteiger partial charge in [-0.1, -0.05) is 95.8 Å². The van der Waals surface area contributed by atoms with E-state index in [0.717, 1.165) is 69.3 Å². The van der Waals surface area contributed by atoms with Gasteiger partial charge in [0.25, 0.3) is 0 Å². The fraction of sp³-hybridized carbons (Fsp3) is 0.509. The molecule has 11 nitrogen and oxygen atoms in total. The van der Waals surface area contributed by atoms with E-state index in [-0.39, 0.29) is 37.4 Å². The number of aryl methyl sites for hydroxylation is 2. The number of nitrogens with two attached hydrogens (primary N) is 1. The highest BCUT2D eigenvalue weighted by atomic mass is 16.7. The molecule has 3 aliphatic rings. The summed E-state index contributed by atoms with van der Waals surface area (Å²) in [5.41, 5.74) is 8.37. The van der Waals surface area contributed by atoms with E-state index in [4.69, 9.17) is 15.3 Å². The Hall–Kier alpha value is -5.04. The number of carbonyl (C=O) groups excluding carboxylic acids is 2. The third-order valence-electron chi connectivity index (χ3n) is 13.4. The minimum Gasteiger partial charge on any atom is -0.350 e. The largest absolute Gasteiger partial charge is 0.350 e. The molecule has 0 unspecified atom stereocenters. The number of hydrogen-bond donors (Lipinski definition) is 3. The zero-order valence-corrected chi connectivity index (χ0v) is 41.3. The van der Waals surface area contributed by atoms with Gasteiger partial charge in [-0.05, 0) is 168 Å². The van der Waals surface area contributed by atoms with E-state index in [9.17, 15) is 9.59 Å². The molecule has 3 saturated heterocycles. The molecule has 4 aromatic carbocycles. The third kappa shape index (κ3) is 16.9. The number of amides is 2. The van der Waals surface area contributed by atoms with Gasteiger partial charge in [0.2, 0.25) is 11.8 Å². The van der Waals surface area contributed by atoms with Crippen LogP contribution in [0.3, 0.4) is 0 Å². The fourth-order valence-electron chi connectivity index (χ4n) is 9.30. The molecular weight excluding hydrogens is 847 g/mol. The monoisotopic (exact) mass is 930 g/mol. The summed E-state index contributed by atoms with van der Waals surface area (Å²) in [5, 5.41) is 9.03. The van der Waals surface area contributed by atoms with Crippen molar-refractivity contribution in [3.63, 3.8) is 0 Å². The molecule has 0 radical (unpaired) electrons. The topological polar surface area (TPSA) is 117 Å². The number of benzene rings is 4. The van der Waals surface area contributed by atoms with Gasteiger partial charge >= 0.3 is 0 Å². The average Bonchev–Trinajstić information content (AvgIpc) is 3.99. The van der Waals surface area contributed by atoms with Crippen molar-refractivity contribution in [2.45, 2.75) is 111 Å². The van der Waals surface area contributed by atoms with E-state index in [1.807, 2.05) is 77.2 Å². The number of piperidine rings is 2. The number of fused-ring (bicyclic) bond motifs is 1. The zero-order valence-electron chi connectivity index (χ0n) is 41.3. The van der Waals surface area contributed by atoms with Crippen LogP contribution in [0.25, 0.3) is 10.9 Å². The molecule has 4 heterocycles. The van der Waals surface area contributed by atoms with Crippen LogP contribution in [-0.2, 0) is 32.5 Å². The van der Waals surface area contributed by atoms with Crippen LogP contribution in [0.15, 0.2) is 109 Å². The van der Waals surface area contributed by atoms with Crippen molar-refractivity contribution in [3.8, 4) is 0 Å². The summed E-state index contributed by atoms with van der Waals surface area (Å²) < 4.78 is 13.2. The van der Waals surface area contributed by atoms with E-state index in [2.05, 4.69) is 98.9 Å². The second kappa shape index (κ2) is 27.8. The van der Waals surface area contributed by atoms with Gasteiger partial charge in [0.1, 0.15) is 0 Å². The third-order valence-corrected chi connectivity index (χ3v) is 13.4. The number of anilines is 3. The Labute approximate surface area is 408 Å². The molecule has 0 spiro atoms. The number of hydrogen-bond acceptors (Lipinski definition) is 8. The smallest absolute Gasteiger partial charge is 0.226 e. The minimum absolute atomic E-state index is 0. The number of aromatic nitrogens is 1. The molecule has 11 heteroatoms. The number of likely N-dealkylation sites (tertiary alicyclic amines) is 2. The van der Waals surface area contributed by atoms with E-state index < -0.39 is 0 Å². The summed E-state index contributed by atoms with van der Waals surface area (Å²) in [5.74, 6) is 6.79. The van der Waals surface area contributed by atoms with E-state index in [1.54, 1.807) is 5.01 Å². The molecule has 370 valence electrons. The highest BCUT2D eigenvalue weighted by molar-refractivity contribution is 5.92. The standard InChI is InChI=1S/C27H35N3O.C22H34N2O3.C7H10N2.CH4/c1-20(2)27(31)28-24-10-6-8-22(18-24)21-13-16-30(17-14-21)15-7-9-23-19-29(3)26-12-5-4-11-25(23)26;1-17(2)22(25)23-20-7-5-6-19(16-20)18-9-12-24(13-10-18)11-4-3-8-21-26-14-15-27-21;1-9(8)7-5-3-2-4-6-7;/h4-6,8,10-12,18-21H,7,9,13-17H2,1-3H3,(H,28,31);5-7,16-18,21H,3-4,8-15H2,1-2H3,(H,23,25);2-6H,8H2,1H3;1H4. The van der Waals surface area contributed by atoms with Gasteiger partial charge in [-0.2, -0.15) is 0 Å². The first-order chi connectivity index (χ1) is 32.4. The van der Waals surface area contributed by atoms with Gasteiger partial charge < -0.3 is 39.5 Å². The first kappa shape index (κ1) is 53.9. The summed E-state index contributed by atoms with van der Waals surface area (Å²) >= 11 is 0. The molecule has 0 aliphatic carbocycles. The van der Waals surface area contributed by atoms with Crippen molar-refractivity contribution >= 4 is 39.8 Å². The van der Waals surface area contributed by atoms with E-state index >= 15 is 0 Å². The summed E-state index contributed by atoms with van der Waals surface area (Å²) in [6, 6.07) is 35.3. The van der Waals surface area contributed by atoms with Crippen molar-refractivity contribution in [2.75, 3.05) is 75.2 Å². The van der Waals surface area contributed by atoms with Crippen LogP contribution in [0.2, 0.25) is 0 Å². The molecule has 1 aromatic heterocycles. The lowest BCUT2D eigenvalue weighted by atomic mass is 9.89. The Morgan fingerprint density at radius 3 is 1.68 bits per heavy atom. The van der Waals surface area contributed by atoms with Gasteiger partial charge in [0.05, 0.1) is 18.9 Å². The number of rotatable bonds is 16. The molecule has 2 amide bonds. The lowest BCUT2D eigenvalue weighted by molar-refractivity contribution is -0.119. The van der Waals surface area contributed by atoms with Gasteiger partial charge in [0, 0.05) is 54.4 Å². The maximum Gasteiger partial charge on any atom is 0.226 e. The van der Waals surface area contributed by atoms with Gasteiger partial charge in [-0.15, -0.1) is 0 Å². The highest BCUT2D eigenvalue weighted by Crippen LogP contribution is 2.32. The Balaban J connectivity index is 0.000000213. The normalized spacial score (nSPS) is 16.1. The van der Waals surface area contributed by atoms with Crippen LogP contribution >= 0.6 is 0 Å². The number of nitrogens with zero attached hydrogens (tertiary/aromatic N) is 4. The van der Waals surface area contributed by atoms with Crippen LogP contribution < -0.4 is 21.5 Å². The van der Waals surface area contributed by atoms with Crippen molar-refractivity contribution < 1.29 is 19.1 Å². The first-order valence-corrected chi connectivity index (χ1v) is 25.0. The molecule has 3 aliphatic heterocycles. The number of para-hydroxylation sites is 2. The Morgan fingerprint density at radius 1 is 0.676 bits per heavy atom. The van der Waals surface area contributed by atoms with Gasteiger partial charge in [-0.3, -0.25) is 9.59 Å². The predicted octanol–water partition coefficient (Wildman–Crippen LogP) is 11.2. The molecule has 4 N–H and O–H groups in total. The van der Waals surface area contributed by atoms with Crippen LogP contribution in [0.4, 0.5) is 17.1 Å². The van der Waals surface area contributed by atoms with E-state index in [1.165, 1.54) is 85.6 Å². The molecule has 0 bridgehead atoms. The summed E-state index contributed by atoms with van der Waals surface area (Å²) in [6.07, 6.45) is 12.8. The fourth-order valence-corrected chi connectivity index (χ4v) is 9.30. The SMILES string of the molecule is C.CC(C)C(=O)Nc1cccc(C2CCN(CCCCC3OCCO3)CC2)c1.CC(C)C(=O)Nc1cccc(C2CCN(CCCc3cn(C)c4ccccc34)CC2)c1.CN(N)c1ccccc1. The first-order valence-electron chi connectivity index (χ1n) is 25.0. The molecule has 5 aromatic rings. The summed E-state index contributed by atoms with van der Waals surface area (Å²) in [6.45, 7) is 16.2. The van der Waals surface area contributed by atoms with E-state index in [0.29, 0.717) is 11.8 Å².